The number of ether oxygens (including phenoxy) is 2. The minimum atomic E-state index is -1.28. The van der Waals surface area contributed by atoms with Crippen LogP contribution < -0.4 is 4.74 Å². The largest absolute Gasteiger partial charge is 0.486 e. The summed E-state index contributed by atoms with van der Waals surface area (Å²) in [6.07, 6.45) is 0. The number of aryl methyl sites for hydroxylation is 1. The summed E-state index contributed by atoms with van der Waals surface area (Å²) in [5, 5.41) is 0. The summed E-state index contributed by atoms with van der Waals surface area (Å²) < 4.78 is 23.0. The summed E-state index contributed by atoms with van der Waals surface area (Å²) >= 11 is 0. The monoisotopic (exact) mass is 268 g/mol. The molecule has 0 saturated carbocycles. The van der Waals surface area contributed by atoms with Gasteiger partial charge in [0, 0.05) is 6.07 Å². The molecule has 0 bridgehead atoms. The number of carbonyl (C=O) groups excluding carboxylic acids is 2. The first-order chi connectivity index (χ1) is 8.78. The number of ketones is 1. The number of halogens is 1. The highest BCUT2D eigenvalue weighted by molar-refractivity contribution is 6.03. The van der Waals surface area contributed by atoms with Crippen molar-refractivity contribution in [2.75, 3.05) is 13.7 Å². The maximum atomic E-state index is 13.3. The Bertz CT molecular complexity index is 494. The van der Waals surface area contributed by atoms with E-state index in [0.717, 1.165) is 0 Å². The fourth-order valence-corrected chi connectivity index (χ4v) is 1.36. The van der Waals surface area contributed by atoms with Crippen molar-refractivity contribution in [2.45, 2.75) is 20.8 Å². The van der Waals surface area contributed by atoms with Gasteiger partial charge in [-0.05, 0) is 32.4 Å². The Labute approximate surface area is 111 Å². The van der Waals surface area contributed by atoms with Crippen LogP contribution in [-0.4, -0.2) is 25.5 Å². The highest BCUT2D eigenvalue weighted by Gasteiger charge is 2.37. The van der Waals surface area contributed by atoms with Crippen LogP contribution in [0.15, 0.2) is 18.2 Å². The maximum Gasteiger partial charge on any atom is 0.318 e. The predicted molar refractivity (Wildman–Crippen MR) is 67.4 cm³/mol. The Morgan fingerprint density at radius 1 is 1.32 bits per heavy atom. The standard InChI is InChI=1S/C14H17FO4/c1-9-5-6-10(7-11(9)15)19-8-12(16)14(2,3)13(17)18-4/h5-7H,8H2,1-4H3. The zero-order valence-corrected chi connectivity index (χ0v) is 11.5. The second kappa shape index (κ2) is 5.82. The van der Waals surface area contributed by atoms with Gasteiger partial charge in [-0.2, -0.15) is 0 Å². The molecule has 0 aromatic heterocycles. The van der Waals surface area contributed by atoms with E-state index in [9.17, 15) is 14.0 Å². The second-order valence-electron chi connectivity index (χ2n) is 4.74. The number of hydrogen-bond donors (Lipinski definition) is 0. The van der Waals surface area contributed by atoms with Gasteiger partial charge < -0.3 is 9.47 Å². The van der Waals surface area contributed by atoms with Crippen LogP contribution in [0.3, 0.4) is 0 Å². The maximum absolute atomic E-state index is 13.3. The number of Topliss-reactive ketones (excluding diaryl/α,β-unsaturated/α-hetero) is 1. The Balaban J connectivity index is 2.68. The van der Waals surface area contributed by atoms with E-state index < -0.39 is 23.0 Å². The molecule has 0 amide bonds. The van der Waals surface area contributed by atoms with E-state index in [1.165, 1.54) is 27.0 Å². The summed E-state index contributed by atoms with van der Waals surface area (Å²) in [4.78, 5) is 23.3. The third kappa shape index (κ3) is 3.53. The third-order valence-corrected chi connectivity index (χ3v) is 2.91. The molecule has 19 heavy (non-hydrogen) atoms. The van der Waals surface area contributed by atoms with Gasteiger partial charge in [0.25, 0.3) is 0 Å². The Morgan fingerprint density at radius 3 is 2.47 bits per heavy atom. The van der Waals surface area contributed by atoms with Crippen LogP contribution in [0.2, 0.25) is 0 Å². The van der Waals surface area contributed by atoms with E-state index in [2.05, 4.69) is 4.74 Å². The summed E-state index contributed by atoms with van der Waals surface area (Å²) in [6, 6.07) is 4.32. The summed E-state index contributed by atoms with van der Waals surface area (Å²) in [7, 11) is 1.22. The van der Waals surface area contributed by atoms with Crippen molar-refractivity contribution in [3.63, 3.8) is 0 Å². The molecule has 0 aliphatic heterocycles. The predicted octanol–water partition coefficient (Wildman–Crippen LogP) is 2.28. The van der Waals surface area contributed by atoms with E-state index in [0.29, 0.717) is 5.56 Å². The van der Waals surface area contributed by atoms with Crippen molar-refractivity contribution in [1.29, 1.82) is 0 Å². The lowest BCUT2D eigenvalue weighted by Crippen LogP contribution is -2.37. The average Bonchev–Trinajstić information content (AvgIpc) is 2.38. The molecular formula is C14H17FO4. The minimum Gasteiger partial charge on any atom is -0.486 e. The molecule has 0 aliphatic rings. The molecule has 1 aromatic carbocycles. The van der Waals surface area contributed by atoms with Crippen LogP contribution in [0.4, 0.5) is 4.39 Å². The first kappa shape index (κ1) is 15.1. The third-order valence-electron chi connectivity index (χ3n) is 2.91. The molecule has 0 heterocycles. The van der Waals surface area contributed by atoms with Gasteiger partial charge in [-0.15, -0.1) is 0 Å². The van der Waals surface area contributed by atoms with Crippen molar-refractivity contribution in [1.82, 2.24) is 0 Å². The average molecular weight is 268 g/mol. The smallest absolute Gasteiger partial charge is 0.318 e. The Kier molecular flexibility index (Phi) is 4.64. The normalized spacial score (nSPS) is 11.0. The molecule has 0 aliphatic carbocycles. The van der Waals surface area contributed by atoms with Crippen LogP contribution in [0.1, 0.15) is 19.4 Å². The highest BCUT2D eigenvalue weighted by atomic mass is 19.1. The van der Waals surface area contributed by atoms with E-state index in [1.54, 1.807) is 19.1 Å². The molecule has 4 nitrogen and oxygen atoms in total. The van der Waals surface area contributed by atoms with Crippen LogP contribution >= 0.6 is 0 Å². The van der Waals surface area contributed by atoms with Crippen molar-refractivity contribution >= 4 is 11.8 Å². The van der Waals surface area contributed by atoms with Gasteiger partial charge in [-0.3, -0.25) is 9.59 Å². The molecule has 0 N–H and O–H groups in total. The van der Waals surface area contributed by atoms with Gasteiger partial charge in [-0.25, -0.2) is 4.39 Å². The van der Waals surface area contributed by atoms with E-state index >= 15 is 0 Å². The number of rotatable bonds is 5. The molecule has 0 fully saturated rings. The summed E-state index contributed by atoms with van der Waals surface area (Å²) in [5.74, 6) is -1.22. The van der Waals surface area contributed by atoms with E-state index in [1.807, 2.05) is 0 Å². The number of carbonyl (C=O) groups is 2. The Hall–Kier alpha value is -1.91. The van der Waals surface area contributed by atoms with Gasteiger partial charge in [0.1, 0.15) is 23.6 Å². The number of esters is 1. The number of hydrogen-bond acceptors (Lipinski definition) is 4. The van der Waals surface area contributed by atoms with Crippen molar-refractivity contribution in [3.05, 3.63) is 29.6 Å². The Morgan fingerprint density at radius 2 is 1.95 bits per heavy atom. The lowest BCUT2D eigenvalue weighted by molar-refractivity contribution is -0.156. The number of methoxy groups -OCH3 is 1. The molecule has 1 aromatic rings. The van der Waals surface area contributed by atoms with Crippen LogP contribution in [0, 0.1) is 18.2 Å². The first-order valence-electron chi connectivity index (χ1n) is 5.79. The van der Waals surface area contributed by atoms with Crippen molar-refractivity contribution < 1.29 is 23.5 Å². The zero-order chi connectivity index (χ0) is 14.6. The number of benzene rings is 1. The van der Waals surface area contributed by atoms with Gasteiger partial charge in [0.2, 0.25) is 0 Å². The zero-order valence-electron chi connectivity index (χ0n) is 11.5. The molecular weight excluding hydrogens is 251 g/mol. The molecule has 0 saturated heterocycles. The van der Waals surface area contributed by atoms with E-state index in [4.69, 9.17) is 4.74 Å². The highest BCUT2D eigenvalue weighted by Crippen LogP contribution is 2.20. The van der Waals surface area contributed by atoms with Crippen molar-refractivity contribution in [2.24, 2.45) is 5.41 Å². The fraction of sp³-hybridized carbons (Fsp3) is 0.429. The summed E-state index contributed by atoms with van der Waals surface area (Å²) in [5.41, 5.74) is -0.786. The van der Waals surface area contributed by atoms with Crippen LogP contribution in [0.5, 0.6) is 5.75 Å². The molecule has 5 heteroatoms. The summed E-state index contributed by atoms with van der Waals surface area (Å²) in [6.45, 7) is 4.23. The lowest BCUT2D eigenvalue weighted by Gasteiger charge is -2.19. The topological polar surface area (TPSA) is 52.6 Å². The second-order valence-corrected chi connectivity index (χ2v) is 4.74. The fourth-order valence-electron chi connectivity index (χ4n) is 1.36. The van der Waals surface area contributed by atoms with Gasteiger partial charge in [0.15, 0.2) is 5.78 Å². The molecule has 0 atom stereocenters. The molecule has 0 unspecified atom stereocenters. The first-order valence-corrected chi connectivity index (χ1v) is 5.79. The van der Waals surface area contributed by atoms with Crippen molar-refractivity contribution in [3.8, 4) is 5.75 Å². The van der Waals surface area contributed by atoms with Gasteiger partial charge >= 0.3 is 5.97 Å². The molecule has 0 radical (unpaired) electrons. The van der Waals surface area contributed by atoms with Crippen LogP contribution in [-0.2, 0) is 14.3 Å². The molecule has 0 spiro atoms. The molecule has 104 valence electrons. The minimum absolute atomic E-state index is 0.247. The quantitative estimate of drug-likeness (QED) is 0.607. The van der Waals surface area contributed by atoms with Crippen LogP contribution in [0.25, 0.3) is 0 Å². The molecule has 1 rings (SSSR count). The SMILES string of the molecule is COC(=O)C(C)(C)C(=O)COc1ccc(C)c(F)c1. The van der Waals surface area contributed by atoms with E-state index in [-0.39, 0.29) is 12.4 Å². The van der Waals surface area contributed by atoms with Gasteiger partial charge in [0.05, 0.1) is 7.11 Å². The lowest BCUT2D eigenvalue weighted by atomic mass is 9.88. The van der Waals surface area contributed by atoms with Gasteiger partial charge in [-0.1, -0.05) is 6.07 Å².